The number of imide groups is 1. The Labute approximate surface area is 255 Å². The number of benzene rings is 4. The second-order valence-corrected chi connectivity index (χ2v) is 10.6. The summed E-state index contributed by atoms with van der Waals surface area (Å²) in [6, 6.07) is 31.6. The molecule has 5 atom stereocenters. The summed E-state index contributed by atoms with van der Waals surface area (Å²) in [7, 11) is 1.54. The standard InChI is InChI=1S/C35H33NO8/c1-40-27-18-10-11-19-28(27)43-31-29(22-41-20-23-12-4-2-5-13-23)44-35(39)30(32(31)42-21-24-14-6-3-7-15-24)36-33(37)25-16-8-9-17-26(25)34(36)38/h2-19,29-32,35,39H,20-22H2,1H3/t29-,30-,31-,32-,35-/m1/s1. The molecule has 4 aromatic rings. The zero-order valence-corrected chi connectivity index (χ0v) is 24.2. The zero-order chi connectivity index (χ0) is 30.5. The van der Waals surface area contributed by atoms with Gasteiger partial charge in [-0.2, -0.15) is 0 Å². The minimum absolute atomic E-state index is 0.0335. The van der Waals surface area contributed by atoms with Gasteiger partial charge in [-0.05, 0) is 35.4 Å². The zero-order valence-electron chi connectivity index (χ0n) is 24.2. The van der Waals surface area contributed by atoms with E-state index >= 15 is 0 Å². The van der Waals surface area contributed by atoms with E-state index in [1.165, 1.54) is 7.11 Å². The average molecular weight is 596 g/mol. The molecule has 2 heterocycles. The van der Waals surface area contributed by atoms with E-state index in [1.807, 2.05) is 66.7 Å². The Morgan fingerprint density at radius 2 is 1.25 bits per heavy atom. The van der Waals surface area contributed by atoms with Crippen molar-refractivity contribution < 1.29 is 38.4 Å². The monoisotopic (exact) mass is 595 g/mol. The fourth-order valence-corrected chi connectivity index (χ4v) is 5.63. The summed E-state index contributed by atoms with van der Waals surface area (Å²) in [5.41, 5.74) is 2.33. The van der Waals surface area contributed by atoms with Crippen LogP contribution in [-0.2, 0) is 27.4 Å². The SMILES string of the molecule is COc1ccccc1O[C@H]1[C@H](OCc2ccccc2)[C@@H](N2C(=O)c3ccccc3C2=O)[C@H](O)O[C@@H]1COCc1ccccc1. The summed E-state index contributed by atoms with van der Waals surface area (Å²) in [6.07, 6.45) is -4.37. The molecule has 0 aliphatic carbocycles. The number of carbonyl (C=O) groups excluding carboxylic acids is 2. The van der Waals surface area contributed by atoms with Crippen molar-refractivity contribution in [2.24, 2.45) is 0 Å². The maximum Gasteiger partial charge on any atom is 0.262 e. The molecular weight excluding hydrogens is 562 g/mol. The molecule has 4 aromatic carbocycles. The van der Waals surface area contributed by atoms with Crippen LogP contribution < -0.4 is 9.47 Å². The second kappa shape index (κ2) is 13.4. The Morgan fingerprint density at radius 3 is 1.86 bits per heavy atom. The third-order valence-electron chi connectivity index (χ3n) is 7.77. The van der Waals surface area contributed by atoms with Crippen LogP contribution >= 0.6 is 0 Å². The molecule has 2 aliphatic rings. The van der Waals surface area contributed by atoms with Crippen LogP contribution in [-0.4, -0.2) is 66.2 Å². The van der Waals surface area contributed by atoms with Gasteiger partial charge in [-0.1, -0.05) is 84.9 Å². The van der Waals surface area contributed by atoms with Crippen molar-refractivity contribution in [2.75, 3.05) is 13.7 Å². The molecule has 226 valence electrons. The number of aliphatic hydroxyl groups is 1. The first-order chi connectivity index (χ1) is 21.5. The molecule has 2 amide bonds. The van der Waals surface area contributed by atoms with Crippen molar-refractivity contribution in [1.29, 1.82) is 0 Å². The highest BCUT2D eigenvalue weighted by atomic mass is 16.7. The quantitative estimate of drug-likeness (QED) is 0.251. The van der Waals surface area contributed by atoms with E-state index in [1.54, 1.807) is 42.5 Å². The van der Waals surface area contributed by atoms with E-state index in [-0.39, 0.29) is 24.3 Å². The Balaban J connectivity index is 1.36. The summed E-state index contributed by atoms with van der Waals surface area (Å²) in [6.45, 7) is 0.461. The molecule has 2 aliphatic heterocycles. The maximum atomic E-state index is 13.6. The van der Waals surface area contributed by atoms with Gasteiger partial charge in [-0.3, -0.25) is 14.5 Å². The topological polar surface area (TPSA) is 104 Å². The Hall–Kier alpha value is -4.54. The molecule has 1 saturated heterocycles. The number of methoxy groups -OCH3 is 1. The summed E-state index contributed by atoms with van der Waals surface area (Å²) in [5, 5.41) is 11.5. The van der Waals surface area contributed by atoms with Crippen LogP contribution in [0.25, 0.3) is 0 Å². The number of rotatable bonds is 11. The lowest BCUT2D eigenvalue weighted by Gasteiger charge is -2.46. The summed E-state index contributed by atoms with van der Waals surface area (Å²) in [4.78, 5) is 28.3. The van der Waals surface area contributed by atoms with Crippen molar-refractivity contribution in [3.63, 3.8) is 0 Å². The van der Waals surface area contributed by atoms with E-state index in [2.05, 4.69) is 0 Å². The molecule has 9 heteroatoms. The van der Waals surface area contributed by atoms with Crippen LogP contribution in [0, 0.1) is 0 Å². The molecule has 0 bridgehead atoms. The van der Waals surface area contributed by atoms with Crippen LogP contribution in [0.4, 0.5) is 0 Å². The van der Waals surface area contributed by atoms with Crippen molar-refractivity contribution >= 4 is 11.8 Å². The van der Waals surface area contributed by atoms with Crippen LogP contribution in [0.5, 0.6) is 11.5 Å². The molecule has 0 aromatic heterocycles. The first-order valence-corrected chi connectivity index (χ1v) is 14.4. The summed E-state index contributed by atoms with van der Waals surface area (Å²) < 4.78 is 30.8. The molecule has 1 fully saturated rings. The number of amides is 2. The number of carbonyl (C=O) groups is 2. The van der Waals surface area contributed by atoms with Crippen molar-refractivity contribution in [3.8, 4) is 11.5 Å². The minimum atomic E-state index is -1.58. The fraction of sp³-hybridized carbons (Fsp3) is 0.257. The molecule has 0 spiro atoms. The predicted molar refractivity (Wildman–Crippen MR) is 160 cm³/mol. The molecule has 1 N–H and O–H groups in total. The normalized spacial score (nSPS) is 23.0. The van der Waals surface area contributed by atoms with Gasteiger partial charge in [0.1, 0.15) is 18.2 Å². The molecule has 0 radical (unpaired) electrons. The van der Waals surface area contributed by atoms with Crippen LogP contribution in [0.2, 0.25) is 0 Å². The van der Waals surface area contributed by atoms with Gasteiger partial charge in [0, 0.05) is 0 Å². The van der Waals surface area contributed by atoms with E-state index in [0.717, 1.165) is 16.0 Å². The molecule has 0 saturated carbocycles. The highest BCUT2D eigenvalue weighted by molar-refractivity contribution is 6.21. The number of fused-ring (bicyclic) bond motifs is 1. The third kappa shape index (κ3) is 6.09. The summed E-state index contributed by atoms with van der Waals surface area (Å²) in [5.74, 6) is -0.202. The van der Waals surface area contributed by atoms with Gasteiger partial charge in [-0.15, -0.1) is 0 Å². The molecule has 9 nitrogen and oxygen atoms in total. The predicted octanol–water partition coefficient (Wildman–Crippen LogP) is 4.63. The average Bonchev–Trinajstić information content (AvgIpc) is 3.31. The Bertz CT molecular complexity index is 1550. The number of aliphatic hydroxyl groups excluding tert-OH is 1. The van der Waals surface area contributed by atoms with Gasteiger partial charge in [0.25, 0.3) is 11.8 Å². The number of hydrogen-bond donors (Lipinski definition) is 1. The highest BCUT2D eigenvalue weighted by Crippen LogP contribution is 2.37. The first-order valence-electron chi connectivity index (χ1n) is 14.4. The maximum absolute atomic E-state index is 13.6. The van der Waals surface area contributed by atoms with E-state index in [4.69, 9.17) is 23.7 Å². The van der Waals surface area contributed by atoms with Crippen LogP contribution in [0.15, 0.2) is 109 Å². The van der Waals surface area contributed by atoms with Crippen molar-refractivity contribution in [2.45, 2.75) is 43.9 Å². The Kier molecular flexibility index (Phi) is 8.99. The number of nitrogens with zero attached hydrogens (tertiary/aromatic N) is 1. The lowest BCUT2D eigenvalue weighted by molar-refractivity contribution is -0.271. The molecule has 44 heavy (non-hydrogen) atoms. The lowest BCUT2D eigenvalue weighted by Crippen LogP contribution is -2.67. The van der Waals surface area contributed by atoms with Gasteiger partial charge in [0.2, 0.25) is 0 Å². The number of para-hydroxylation sites is 2. The van der Waals surface area contributed by atoms with Gasteiger partial charge in [-0.25, -0.2) is 0 Å². The molecule has 0 unspecified atom stereocenters. The molecular formula is C35H33NO8. The molecule has 6 rings (SSSR count). The first kappa shape index (κ1) is 29.5. The van der Waals surface area contributed by atoms with Crippen LogP contribution in [0.3, 0.4) is 0 Å². The van der Waals surface area contributed by atoms with E-state index < -0.39 is 42.5 Å². The Morgan fingerprint density at radius 1 is 0.705 bits per heavy atom. The van der Waals surface area contributed by atoms with Crippen molar-refractivity contribution in [1.82, 2.24) is 4.90 Å². The number of hydrogen-bond acceptors (Lipinski definition) is 8. The van der Waals surface area contributed by atoms with Gasteiger partial charge >= 0.3 is 0 Å². The highest BCUT2D eigenvalue weighted by Gasteiger charge is 2.55. The third-order valence-corrected chi connectivity index (χ3v) is 7.77. The largest absolute Gasteiger partial charge is 0.493 e. The van der Waals surface area contributed by atoms with Crippen molar-refractivity contribution in [3.05, 3.63) is 131 Å². The summed E-state index contributed by atoms with van der Waals surface area (Å²) >= 11 is 0. The fourth-order valence-electron chi connectivity index (χ4n) is 5.63. The van der Waals surface area contributed by atoms with Gasteiger partial charge < -0.3 is 28.8 Å². The van der Waals surface area contributed by atoms with Gasteiger partial charge in [0.15, 0.2) is 23.9 Å². The number of ether oxygens (including phenoxy) is 5. The smallest absolute Gasteiger partial charge is 0.262 e. The van der Waals surface area contributed by atoms with Gasteiger partial charge in [0.05, 0.1) is 38.1 Å². The second-order valence-electron chi connectivity index (χ2n) is 10.6. The van der Waals surface area contributed by atoms with E-state index in [0.29, 0.717) is 18.1 Å². The lowest BCUT2D eigenvalue weighted by atomic mass is 9.94. The minimum Gasteiger partial charge on any atom is -0.493 e. The van der Waals surface area contributed by atoms with E-state index in [9.17, 15) is 14.7 Å². The van der Waals surface area contributed by atoms with Crippen LogP contribution in [0.1, 0.15) is 31.8 Å².